The van der Waals surface area contributed by atoms with E-state index in [9.17, 15) is 13.2 Å². The molecule has 0 spiro atoms. The number of fused-ring (bicyclic) bond motifs is 1. The monoisotopic (exact) mass is 292 g/mol. The van der Waals surface area contributed by atoms with Crippen LogP contribution in [0.1, 0.15) is 17.0 Å². The number of halogens is 3. The number of nitrogen functional groups attached to an aromatic ring is 1. The van der Waals surface area contributed by atoms with Crippen molar-refractivity contribution in [3.63, 3.8) is 0 Å². The summed E-state index contributed by atoms with van der Waals surface area (Å²) in [5, 5.41) is 7.86. The molecule has 1 aromatic carbocycles. The molecule has 3 aromatic rings. The minimum atomic E-state index is -4.40. The zero-order valence-electron chi connectivity index (χ0n) is 10.8. The van der Waals surface area contributed by atoms with Gasteiger partial charge in [-0.1, -0.05) is 24.3 Å². The number of anilines is 1. The molecule has 0 saturated heterocycles. The predicted octanol–water partition coefficient (Wildman–Crippen LogP) is 2.92. The smallest absolute Gasteiger partial charge is 0.385 e. The second-order valence-corrected chi connectivity index (χ2v) is 4.59. The molecule has 3 rings (SSSR count). The quantitative estimate of drug-likeness (QED) is 0.790. The van der Waals surface area contributed by atoms with Crippen molar-refractivity contribution in [1.29, 1.82) is 0 Å². The van der Waals surface area contributed by atoms with Crippen LogP contribution >= 0.6 is 0 Å². The summed E-state index contributed by atoms with van der Waals surface area (Å²) in [6.07, 6.45) is -4.40. The Morgan fingerprint density at radius 2 is 1.76 bits per heavy atom. The van der Waals surface area contributed by atoms with Gasteiger partial charge in [-0.3, -0.25) is 4.40 Å². The number of alkyl halides is 3. The van der Waals surface area contributed by atoms with Gasteiger partial charge in [-0.05, 0) is 23.8 Å². The van der Waals surface area contributed by atoms with E-state index < -0.39 is 11.7 Å². The van der Waals surface area contributed by atoms with Gasteiger partial charge in [0.25, 0.3) is 0 Å². The summed E-state index contributed by atoms with van der Waals surface area (Å²) < 4.78 is 40.6. The van der Waals surface area contributed by atoms with Gasteiger partial charge in [0.2, 0.25) is 0 Å². The number of nitrogens with zero attached hydrogens (tertiary/aromatic N) is 3. The van der Waals surface area contributed by atoms with Crippen molar-refractivity contribution in [2.24, 2.45) is 0 Å². The Kier molecular flexibility index (Phi) is 3.04. The summed E-state index contributed by atoms with van der Waals surface area (Å²) in [6, 6.07) is 10.5. The lowest BCUT2D eigenvalue weighted by molar-refractivity contribution is -0.138. The largest absolute Gasteiger partial charge is 0.416 e. The van der Waals surface area contributed by atoms with Crippen molar-refractivity contribution < 1.29 is 13.2 Å². The van der Waals surface area contributed by atoms with Gasteiger partial charge in [0, 0.05) is 6.42 Å². The Hall–Kier alpha value is -2.57. The first-order valence-corrected chi connectivity index (χ1v) is 6.20. The van der Waals surface area contributed by atoms with Crippen LogP contribution in [0.5, 0.6) is 0 Å². The van der Waals surface area contributed by atoms with Crippen LogP contribution in [-0.2, 0) is 12.6 Å². The van der Waals surface area contributed by atoms with Crippen molar-refractivity contribution in [1.82, 2.24) is 14.6 Å². The fourth-order valence-corrected chi connectivity index (χ4v) is 2.26. The molecular formula is C14H11F3N4. The van der Waals surface area contributed by atoms with E-state index >= 15 is 0 Å². The Bertz CT molecular complexity index is 792. The SMILES string of the molecule is Nc1cccc2nnc(Cc3ccccc3C(F)(F)F)n12. The summed E-state index contributed by atoms with van der Waals surface area (Å²) in [5.74, 6) is 0.761. The number of hydrogen-bond donors (Lipinski definition) is 1. The maximum absolute atomic E-state index is 13.0. The lowest BCUT2D eigenvalue weighted by Crippen LogP contribution is -2.10. The summed E-state index contributed by atoms with van der Waals surface area (Å²) in [7, 11) is 0. The Morgan fingerprint density at radius 1 is 1.00 bits per heavy atom. The maximum atomic E-state index is 13.0. The second-order valence-electron chi connectivity index (χ2n) is 4.59. The molecular weight excluding hydrogens is 281 g/mol. The van der Waals surface area contributed by atoms with Crippen LogP contribution in [0.2, 0.25) is 0 Å². The molecule has 108 valence electrons. The number of rotatable bonds is 2. The van der Waals surface area contributed by atoms with Gasteiger partial charge >= 0.3 is 6.18 Å². The van der Waals surface area contributed by atoms with Crippen LogP contribution in [0.25, 0.3) is 5.65 Å². The minimum Gasteiger partial charge on any atom is -0.385 e. The third kappa shape index (κ3) is 2.42. The summed E-state index contributed by atoms with van der Waals surface area (Å²) in [6.45, 7) is 0. The molecule has 0 aliphatic carbocycles. The van der Waals surface area contributed by atoms with Gasteiger partial charge in [-0.2, -0.15) is 13.2 Å². The van der Waals surface area contributed by atoms with E-state index in [-0.39, 0.29) is 12.0 Å². The van der Waals surface area contributed by atoms with E-state index in [0.717, 1.165) is 6.07 Å². The molecule has 4 nitrogen and oxygen atoms in total. The summed E-state index contributed by atoms with van der Waals surface area (Å²) >= 11 is 0. The van der Waals surface area contributed by atoms with Crippen LogP contribution in [0, 0.1) is 0 Å². The number of benzene rings is 1. The highest BCUT2D eigenvalue weighted by molar-refractivity contribution is 5.48. The molecule has 0 aliphatic rings. The van der Waals surface area contributed by atoms with Crippen LogP contribution in [0.15, 0.2) is 42.5 Å². The molecule has 2 aromatic heterocycles. The topological polar surface area (TPSA) is 56.2 Å². The number of aromatic nitrogens is 3. The number of hydrogen-bond acceptors (Lipinski definition) is 3. The molecule has 0 amide bonds. The van der Waals surface area contributed by atoms with Gasteiger partial charge in [-0.25, -0.2) is 0 Å². The van der Waals surface area contributed by atoms with E-state index in [1.807, 2.05) is 0 Å². The zero-order valence-corrected chi connectivity index (χ0v) is 10.8. The Morgan fingerprint density at radius 3 is 2.52 bits per heavy atom. The molecule has 21 heavy (non-hydrogen) atoms. The lowest BCUT2D eigenvalue weighted by Gasteiger charge is -2.12. The molecule has 0 bridgehead atoms. The molecule has 0 saturated carbocycles. The highest BCUT2D eigenvalue weighted by Crippen LogP contribution is 2.32. The van der Waals surface area contributed by atoms with E-state index in [1.54, 1.807) is 28.7 Å². The first kappa shape index (κ1) is 13.4. The molecule has 7 heteroatoms. The molecule has 2 N–H and O–H groups in total. The van der Waals surface area contributed by atoms with Crippen LogP contribution < -0.4 is 5.73 Å². The molecule has 0 atom stereocenters. The Balaban J connectivity index is 2.08. The highest BCUT2D eigenvalue weighted by atomic mass is 19.4. The van der Waals surface area contributed by atoms with Gasteiger partial charge in [-0.15, -0.1) is 10.2 Å². The van der Waals surface area contributed by atoms with E-state index in [2.05, 4.69) is 10.2 Å². The minimum absolute atomic E-state index is 0.00502. The van der Waals surface area contributed by atoms with E-state index in [1.165, 1.54) is 12.1 Å². The highest BCUT2D eigenvalue weighted by Gasteiger charge is 2.33. The van der Waals surface area contributed by atoms with Crippen molar-refractivity contribution in [3.05, 3.63) is 59.4 Å². The standard InChI is InChI=1S/C14H11F3N4/c15-14(16,17)10-5-2-1-4-9(10)8-13-20-19-12-7-3-6-11(18)21(12)13/h1-7H,8,18H2. The normalized spacial score (nSPS) is 12.0. The van der Waals surface area contributed by atoms with E-state index in [4.69, 9.17) is 5.73 Å². The molecule has 0 radical (unpaired) electrons. The number of nitrogens with two attached hydrogens (primary N) is 1. The molecule has 0 aliphatic heterocycles. The second kappa shape index (κ2) is 4.76. The zero-order chi connectivity index (χ0) is 15.0. The van der Waals surface area contributed by atoms with Gasteiger partial charge in [0.15, 0.2) is 5.65 Å². The average Bonchev–Trinajstić information content (AvgIpc) is 2.83. The third-order valence-electron chi connectivity index (χ3n) is 3.20. The van der Waals surface area contributed by atoms with Crippen molar-refractivity contribution >= 4 is 11.5 Å². The van der Waals surface area contributed by atoms with Gasteiger partial charge < -0.3 is 5.73 Å². The third-order valence-corrected chi connectivity index (χ3v) is 3.20. The first-order chi connectivity index (χ1) is 9.97. The van der Waals surface area contributed by atoms with Crippen LogP contribution in [-0.4, -0.2) is 14.6 Å². The number of pyridine rings is 1. The van der Waals surface area contributed by atoms with Gasteiger partial charge in [0.05, 0.1) is 5.56 Å². The average molecular weight is 292 g/mol. The maximum Gasteiger partial charge on any atom is 0.416 e. The molecule has 2 heterocycles. The summed E-state index contributed by atoms with van der Waals surface area (Å²) in [5.41, 5.74) is 5.82. The molecule has 0 unspecified atom stereocenters. The molecule has 0 fully saturated rings. The van der Waals surface area contributed by atoms with Crippen LogP contribution in [0.3, 0.4) is 0 Å². The lowest BCUT2D eigenvalue weighted by atomic mass is 10.0. The fourth-order valence-electron chi connectivity index (χ4n) is 2.26. The van der Waals surface area contributed by atoms with Crippen molar-refractivity contribution in [2.75, 3.05) is 5.73 Å². The van der Waals surface area contributed by atoms with Crippen molar-refractivity contribution in [3.8, 4) is 0 Å². The van der Waals surface area contributed by atoms with Crippen molar-refractivity contribution in [2.45, 2.75) is 12.6 Å². The van der Waals surface area contributed by atoms with E-state index in [0.29, 0.717) is 17.3 Å². The van der Waals surface area contributed by atoms with Crippen LogP contribution in [0.4, 0.5) is 19.0 Å². The predicted molar refractivity (Wildman–Crippen MR) is 71.6 cm³/mol. The first-order valence-electron chi connectivity index (χ1n) is 6.20. The summed E-state index contributed by atoms with van der Waals surface area (Å²) in [4.78, 5) is 0. The Labute approximate surface area is 118 Å². The van der Waals surface area contributed by atoms with Gasteiger partial charge in [0.1, 0.15) is 11.6 Å². The fraction of sp³-hybridized carbons (Fsp3) is 0.143.